The smallest absolute Gasteiger partial charge is 0.237 e. The number of amides is 1. The Hall–Kier alpha value is -1.89. The second-order valence-electron chi connectivity index (χ2n) is 5.29. The van der Waals surface area contributed by atoms with Crippen molar-refractivity contribution < 1.29 is 14.3 Å². The van der Waals surface area contributed by atoms with Crippen LogP contribution in [0, 0.1) is 5.41 Å². The highest BCUT2D eigenvalue weighted by Crippen LogP contribution is 2.29. The van der Waals surface area contributed by atoms with Crippen molar-refractivity contribution >= 4 is 23.2 Å². The number of nitrogens with zero attached hydrogens (tertiary/aromatic N) is 2. The molecule has 1 aromatic heterocycles. The van der Waals surface area contributed by atoms with Crippen LogP contribution in [0.4, 0.5) is 5.69 Å². The minimum atomic E-state index is -0.610. The molecular formula is C15H16ClN3O3. The van der Waals surface area contributed by atoms with Gasteiger partial charge in [-0.3, -0.25) is 4.79 Å². The molecule has 0 atom stereocenters. The van der Waals surface area contributed by atoms with Crippen LogP contribution in [0.5, 0.6) is 0 Å². The average Bonchev–Trinajstić information content (AvgIpc) is 2.91. The first-order valence-corrected chi connectivity index (χ1v) is 7.20. The summed E-state index contributed by atoms with van der Waals surface area (Å²) in [5.41, 5.74) is 0.747. The number of carbonyl (C=O) groups is 1. The topological polar surface area (TPSA) is 65.4 Å². The maximum atomic E-state index is 12.4. The van der Waals surface area contributed by atoms with Gasteiger partial charge in [0.1, 0.15) is 5.41 Å². The number of anilines is 1. The van der Waals surface area contributed by atoms with Crippen LogP contribution in [0.15, 0.2) is 36.7 Å². The summed E-state index contributed by atoms with van der Waals surface area (Å²) in [5, 5.41) is 7.67. The third-order valence-electron chi connectivity index (χ3n) is 3.60. The Morgan fingerprint density at radius 1 is 1.50 bits per heavy atom. The molecule has 2 heterocycles. The predicted octanol–water partition coefficient (Wildman–Crippen LogP) is 2.13. The largest absolute Gasteiger partial charge is 0.383 e. The zero-order valence-electron chi connectivity index (χ0n) is 12.1. The van der Waals surface area contributed by atoms with Crippen molar-refractivity contribution in [3.05, 3.63) is 41.7 Å². The van der Waals surface area contributed by atoms with Crippen LogP contribution in [-0.4, -0.2) is 42.6 Å². The lowest BCUT2D eigenvalue weighted by Crippen LogP contribution is -2.54. The van der Waals surface area contributed by atoms with Crippen molar-refractivity contribution in [2.75, 3.05) is 32.2 Å². The van der Waals surface area contributed by atoms with E-state index in [0.717, 1.165) is 5.69 Å². The number of benzene rings is 1. The van der Waals surface area contributed by atoms with E-state index >= 15 is 0 Å². The summed E-state index contributed by atoms with van der Waals surface area (Å²) in [6.07, 6.45) is 3.31. The number of carbonyl (C=O) groups excluding carboxylic acids is 1. The van der Waals surface area contributed by atoms with E-state index in [1.165, 1.54) is 0 Å². The number of aromatic nitrogens is 2. The van der Waals surface area contributed by atoms with E-state index in [2.05, 4.69) is 10.4 Å². The summed E-state index contributed by atoms with van der Waals surface area (Å²) in [5.74, 6) is -0.126. The zero-order chi connectivity index (χ0) is 15.6. The second kappa shape index (κ2) is 6.08. The van der Waals surface area contributed by atoms with Crippen molar-refractivity contribution in [1.82, 2.24) is 9.78 Å². The fourth-order valence-corrected chi connectivity index (χ4v) is 2.55. The molecule has 0 saturated carbocycles. The van der Waals surface area contributed by atoms with Crippen molar-refractivity contribution in [3.8, 4) is 5.69 Å². The molecule has 0 unspecified atom stereocenters. The lowest BCUT2D eigenvalue weighted by molar-refractivity contribution is -0.167. The van der Waals surface area contributed by atoms with Crippen LogP contribution >= 0.6 is 11.6 Å². The van der Waals surface area contributed by atoms with Crippen LogP contribution < -0.4 is 5.32 Å². The first-order chi connectivity index (χ1) is 10.6. The van der Waals surface area contributed by atoms with Gasteiger partial charge < -0.3 is 14.8 Å². The van der Waals surface area contributed by atoms with Gasteiger partial charge in [-0.05, 0) is 12.1 Å². The van der Waals surface area contributed by atoms with E-state index in [1.54, 1.807) is 30.3 Å². The molecule has 6 nitrogen and oxygen atoms in total. The SMILES string of the molecule is COCC1(C(=O)Nc2cnn(-c3ccccc3Cl)c2)COC1. The minimum absolute atomic E-state index is 0.126. The normalized spacial score (nSPS) is 16.1. The number of hydrogen-bond acceptors (Lipinski definition) is 4. The number of methoxy groups -OCH3 is 1. The third kappa shape index (κ3) is 2.72. The van der Waals surface area contributed by atoms with Gasteiger partial charge in [-0.15, -0.1) is 0 Å². The van der Waals surface area contributed by atoms with Crippen LogP contribution in [0.25, 0.3) is 5.69 Å². The van der Waals surface area contributed by atoms with Crippen LogP contribution in [0.3, 0.4) is 0 Å². The van der Waals surface area contributed by atoms with E-state index in [0.29, 0.717) is 30.5 Å². The van der Waals surface area contributed by atoms with Gasteiger partial charge in [-0.2, -0.15) is 5.10 Å². The molecule has 1 aliphatic heterocycles. The van der Waals surface area contributed by atoms with E-state index in [-0.39, 0.29) is 5.91 Å². The van der Waals surface area contributed by atoms with Crippen molar-refractivity contribution in [3.63, 3.8) is 0 Å². The minimum Gasteiger partial charge on any atom is -0.383 e. The first kappa shape index (κ1) is 15.0. The fraction of sp³-hybridized carbons (Fsp3) is 0.333. The number of nitrogens with one attached hydrogen (secondary N) is 1. The molecule has 1 N–H and O–H groups in total. The maximum Gasteiger partial charge on any atom is 0.237 e. The average molecular weight is 322 g/mol. The number of para-hydroxylation sites is 1. The highest BCUT2D eigenvalue weighted by atomic mass is 35.5. The van der Waals surface area contributed by atoms with Gasteiger partial charge in [0.25, 0.3) is 0 Å². The van der Waals surface area contributed by atoms with Gasteiger partial charge in [0.2, 0.25) is 5.91 Å². The molecule has 7 heteroatoms. The summed E-state index contributed by atoms with van der Waals surface area (Å²) >= 11 is 6.14. The molecule has 3 rings (SSSR count). The van der Waals surface area contributed by atoms with E-state index in [4.69, 9.17) is 21.1 Å². The Morgan fingerprint density at radius 3 is 2.91 bits per heavy atom. The lowest BCUT2D eigenvalue weighted by Gasteiger charge is -2.38. The number of ether oxygens (including phenoxy) is 2. The van der Waals surface area contributed by atoms with Crippen molar-refractivity contribution in [1.29, 1.82) is 0 Å². The summed E-state index contributed by atoms with van der Waals surface area (Å²) in [4.78, 5) is 12.4. The number of halogens is 1. The predicted molar refractivity (Wildman–Crippen MR) is 82.3 cm³/mol. The maximum absolute atomic E-state index is 12.4. The molecule has 2 aromatic rings. The molecule has 1 aromatic carbocycles. The van der Waals surface area contributed by atoms with E-state index < -0.39 is 5.41 Å². The second-order valence-corrected chi connectivity index (χ2v) is 5.69. The molecule has 116 valence electrons. The lowest BCUT2D eigenvalue weighted by atomic mass is 9.86. The highest BCUT2D eigenvalue weighted by molar-refractivity contribution is 6.32. The molecule has 0 aliphatic carbocycles. The molecule has 1 saturated heterocycles. The molecule has 0 radical (unpaired) electrons. The zero-order valence-corrected chi connectivity index (χ0v) is 12.8. The molecular weight excluding hydrogens is 306 g/mol. The fourth-order valence-electron chi connectivity index (χ4n) is 2.33. The standard InChI is InChI=1S/C15H16ClN3O3/c1-21-8-15(9-22-10-15)14(20)18-11-6-17-19(7-11)13-5-3-2-4-12(13)16/h2-7H,8-10H2,1H3,(H,18,20). The molecule has 1 aliphatic rings. The van der Waals surface area contributed by atoms with Crippen molar-refractivity contribution in [2.45, 2.75) is 0 Å². The molecule has 0 spiro atoms. The molecule has 0 bridgehead atoms. The van der Waals surface area contributed by atoms with Gasteiger partial charge in [0, 0.05) is 7.11 Å². The molecule has 1 amide bonds. The van der Waals surface area contributed by atoms with Gasteiger partial charge in [-0.1, -0.05) is 23.7 Å². The van der Waals surface area contributed by atoms with Gasteiger partial charge in [0.15, 0.2) is 0 Å². The van der Waals surface area contributed by atoms with E-state index in [9.17, 15) is 4.79 Å². The Balaban J connectivity index is 1.75. The highest BCUT2D eigenvalue weighted by Gasteiger charge is 2.46. The van der Waals surface area contributed by atoms with Gasteiger partial charge in [0.05, 0.1) is 48.6 Å². The van der Waals surface area contributed by atoms with Crippen LogP contribution in [0.1, 0.15) is 0 Å². The Kier molecular flexibility index (Phi) is 4.15. The first-order valence-electron chi connectivity index (χ1n) is 6.82. The summed E-state index contributed by atoms with van der Waals surface area (Å²) in [6, 6.07) is 7.37. The monoisotopic (exact) mass is 321 g/mol. The Morgan fingerprint density at radius 2 is 2.27 bits per heavy atom. The summed E-state index contributed by atoms with van der Waals surface area (Å²) in [6.45, 7) is 1.06. The van der Waals surface area contributed by atoms with Crippen molar-refractivity contribution in [2.24, 2.45) is 5.41 Å². The van der Waals surface area contributed by atoms with E-state index in [1.807, 2.05) is 18.2 Å². The van der Waals surface area contributed by atoms with Gasteiger partial charge in [-0.25, -0.2) is 4.68 Å². The molecule has 22 heavy (non-hydrogen) atoms. The summed E-state index contributed by atoms with van der Waals surface area (Å²) < 4.78 is 11.9. The Labute approximate surface area is 133 Å². The van der Waals surface area contributed by atoms with Crippen LogP contribution in [-0.2, 0) is 14.3 Å². The third-order valence-corrected chi connectivity index (χ3v) is 3.92. The Bertz CT molecular complexity index is 682. The number of rotatable bonds is 5. The summed E-state index contributed by atoms with van der Waals surface area (Å²) in [7, 11) is 1.57. The molecule has 1 fully saturated rings. The number of hydrogen-bond donors (Lipinski definition) is 1. The van der Waals surface area contributed by atoms with Gasteiger partial charge >= 0.3 is 0 Å². The quantitative estimate of drug-likeness (QED) is 0.916. The van der Waals surface area contributed by atoms with Crippen LogP contribution in [0.2, 0.25) is 5.02 Å².